The highest BCUT2D eigenvalue weighted by molar-refractivity contribution is 6.74. The van der Waals surface area contributed by atoms with Gasteiger partial charge in [-0.3, -0.25) is 0 Å². The van der Waals surface area contributed by atoms with E-state index in [1.54, 1.807) is 6.07 Å². The molecule has 0 atom stereocenters. The average Bonchev–Trinajstić information content (AvgIpc) is 2.34. The number of pyridine rings is 1. The van der Waals surface area contributed by atoms with E-state index in [2.05, 4.69) is 33.9 Å². The van der Waals surface area contributed by atoms with Crippen molar-refractivity contribution < 1.29 is 18.9 Å². The summed E-state index contributed by atoms with van der Waals surface area (Å²) in [5.41, 5.74) is 1.66. The van der Waals surface area contributed by atoms with Gasteiger partial charge in [-0.25, -0.2) is 0 Å². The zero-order valence-electron chi connectivity index (χ0n) is 14.2. The summed E-state index contributed by atoms with van der Waals surface area (Å²) in [6, 6.07) is 3.66. The summed E-state index contributed by atoms with van der Waals surface area (Å²) in [4.78, 5) is 11.3. The molecule has 0 aliphatic carbocycles. The van der Waals surface area contributed by atoms with Crippen LogP contribution in [0, 0.1) is 0 Å². The first-order chi connectivity index (χ1) is 9.47. The Balaban J connectivity index is 3.10. The van der Waals surface area contributed by atoms with Crippen LogP contribution in [0.3, 0.4) is 0 Å². The lowest BCUT2D eigenvalue weighted by Crippen LogP contribution is -2.55. The van der Waals surface area contributed by atoms with Gasteiger partial charge in [0, 0.05) is 17.5 Å². The van der Waals surface area contributed by atoms with Gasteiger partial charge in [-0.2, -0.15) is 0 Å². The number of hydrogen-bond donors (Lipinski definition) is 0. The molecular formula is C16H27NO3Si. The predicted molar refractivity (Wildman–Crippen MR) is 83.5 cm³/mol. The number of carbonyl (C=O) groups is 1. The Morgan fingerprint density at radius 2 is 1.95 bits per heavy atom. The van der Waals surface area contributed by atoms with Crippen molar-refractivity contribution in [2.75, 3.05) is 0 Å². The third-order valence-electron chi connectivity index (χ3n) is 4.26. The van der Waals surface area contributed by atoms with Crippen molar-refractivity contribution in [1.29, 1.82) is 0 Å². The summed E-state index contributed by atoms with van der Waals surface area (Å²) in [5.74, 6) is 0.0853. The topological polar surface area (TPSA) is 53.2 Å². The Kier molecular flexibility index (Phi) is 5.33. The van der Waals surface area contributed by atoms with E-state index in [1.165, 1.54) is 10.8 Å². The molecule has 0 bridgehead atoms. The lowest BCUT2D eigenvalue weighted by molar-refractivity contribution is -0.639. The van der Waals surface area contributed by atoms with E-state index in [0.29, 0.717) is 6.61 Å². The second-order valence-corrected chi connectivity index (χ2v) is 12.1. The van der Waals surface area contributed by atoms with Crippen LogP contribution < -0.4 is 9.67 Å². The smallest absolute Gasteiger partial charge is 0.343 e. The predicted octanol–water partition coefficient (Wildman–Crippen LogP) is 2.81. The monoisotopic (exact) mass is 309 g/mol. The van der Waals surface area contributed by atoms with Crippen molar-refractivity contribution in [3.63, 3.8) is 0 Å². The van der Waals surface area contributed by atoms with E-state index in [-0.39, 0.29) is 11.0 Å². The Hall–Kier alpha value is -1.20. The van der Waals surface area contributed by atoms with Gasteiger partial charge in [-0.05, 0) is 24.2 Å². The zero-order chi connectivity index (χ0) is 16.4. The van der Waals surface area contributed by atoms with E-state index in [0.717, 1.165) is 11.3 Å². The summed E-state index contributed by atoms with van der Waals surface area (Å²) in [6.07, 6.45) is 0.327. The van der Waals surface area contributed by atoms with E-state index in [4.69, 9.17) is 4.43 Å². The molecule has 0 aliphatic heterocycles. The maximum absolute atomic E-state index is 11.3. The fourth-order valence-corrected chi connectivity index (χ4v) is 2.92. The normalized spacial score (nSPS) is 12.8. The minimum Gasteiger partial charge on any atom is -0.490 e. The lowest BCUT2D eigenvalue weighted by atomic mass is 10.0. The van der Waals surface area contributed by atoms with Crippen molar-refractivity contribution in [2.24, 2.45) is 0 Å². The Labute approximate surface area is 128 Å². The third kappa shape index (κ3) is 4.14. The van der Waals surface area contributed by atoms with Crippen LogP contribution in [0.5, 0.6) is 0 Å². The van der Waals surface area contributed by atoms with Crippen molar-refractivity contribution in [1.82, 2.24) is 0 Å². The van der Waals surface area contributed by atoms with E-state index in [1.807, 2.05) is 19.9 Å². The van der Waals surface area contributed by atoms with Crippen molar-refractivity contribution in [2.45, 2.75) is 65.3 Å². The molecule has 0 N–H and O–H groups in total. The zero-order valence-corrected chi connectivity index (χ0v) is 15.2. The largest absolute Gasteiger partial charge is 0.490 e. The Morgan fingerprint density at radius 3 is 2.38 bits per heavy atom. The molecule has 118 valence electrons. The van der Waals surface area contributed by atoms with Crippen LogP contribution in [-0.4, -0.2) is 14.4 Å². The number of nitrogens with zero attached hydrogens (tertiary/aromatic N) is 1. The highest BCUT2D eigenvalue weighted by Gasteiger charge is 2.37. The van der Waals surface area contributed by atoms with Gasteiger partial charge in [-0.15, -0.1) is 4.57 Å². The second-order valence-electron chi connectivity index (χ2n) is 7.26. The highest BCUT2D eigenvalue weighted by atomic mass is 28.4. The van der Waals surface area contributed by atoms with Crippen molar-refractivity contribution in [3.8, 4) is 0 Å². The van der Waals surface area contributed by atoms with Crippen LogP contribution in [0.15, 0.2) is 18.3 Å². The average molecular weight is 309 g/mol. The molecule has 0 amide bonds. The molecule has 1 aromatic rings. The van der Waals surface area contributed by atoms with Gasteiger partial charge < -0.3 is 14.3 Å². The molecule has 0 saturated carbocycles. The molecule has 0 radical (unpaired) electrons. The van der Waals surface area contributed by atoms with Gasteiger partial charge in [0.2, 0.25) is 0 Å². The first-order valence-corrected chi connectivity index (χ1v) is 10.3. The fraction of sp³-hybridized carbons (Fsp3) is 0.625. The van der Waals surface area contributed by atoms with Crippen LogP contribution >= 0.6 is 0 Å². The number of carbonyl (C=O) groups excluding carboxylic acids is 1. The summed E-state index contributed by atoms with van der Waals surface area (Å²) >= 11 is 0. The van der Waals surface area contributed by atoms with Gasteiger partial charge in [0.05, 0.1) is 6.61 Å². The number of rotatable bonds is 4. The fourth-order valence-electron chi connectivity index (χ4n) is 1.97. The van der Waals surface area contributed by atoms with E-state index >= 15 is 0 Å². The molecule has 1 aromatic heterocycles. The molecular weight excluding hydrogens is 282 g/mol. The number of carboxylic acid groups (broad SMARTS) is 1. The summed E-state index contributed by atoms with van der Waals surface area (Å²) < 4.78 is 7.41. The van der Waals surface area contributed by atoms with Gasteiger partial charge in [-0.1, -0.05) is 34.6 Å². The van der Waals surface area contributed by atoms with Crippen LogP contribution in [-0.2, 0) is 11.0 Å². The minimum atomic E-state index is -1.86. The summed E-state index contributed by atoms with van der Waals surface area (Å²) in [5, 5.41) is 11.4. The van der Waals surface area contributed by atoms with Gasteiger partial charge in [0.1, 0.15) is 0 Å². The summed E-state index contributed by atoms with van der Waals surface area (Å²) in [7, 11) is -1.86. The molecule has 4 nitrogen and oxygen atoms in total. The van der Waals surface area contributed by atoms with Crippen LogP contribution in [0.1, 0.15) is 51.8 Å². The van der Waals surface area contributed by atoms with Gasteiger partial charge >= 0.3 is 6.09 Å². The van der Waals surface area contributed by atoms with Crippen LogP contribution in [0.2, 0.25) is 18.1 Å². The van der Waals surface area contributed by atoms with Crippen molar-refractivity contribution in [3.05, 3.63) is 29.6 Å². The van der Waals surface area contributed by atoms with Crippen molar-refractivity contribution >= 4 is 14.4 Å². The first-order valence-electron chi connectivity index (χ1n) is 7.36. The van der Waals surface area contributed by atoms with Crippen LogP contribution in [0.4, 0.5) is 4.79 Å². The number of aromatic nitrogens is 1. The molecule has 0 fully saturated rings. The number of hydrogen-bond acceptors (Lipinski definition) is 3. The summed E-state index contributed by atoms with van der Waals surface area (Å²) in [6.45, 7) is 15.3. The van der Waals surface area contributed by atoms with Gasteiger partial charge in [0.25, 0.3) is 0 Å². The Bertz CT molecular complexity index is 519. The molecule has 1 rings (SSSR count). The molecule has 0 saturated heterocycles. The molecule has 21 heavy (non-hydrogen) atoms. The first kappa shape index (κ1) is 17.8. The molecule has 0 aliphatic rings. The Morgan fingerprint density at radius 1 is 1.38 bits per heavy atom. The SMILES string of the molecule is CC(C)c1c(CO[Si](C)(C)C(C)(C)C)ccc[n+]1C(=O)[O-]. The lowest BCUT2D eigenvalue weighted by Gasteiger charge is -2.36. The molecule has 0 unspecified atom stereocenters. The maximum atomic E-state index is 11.3. The minimum absolute atomic E-state index is 0.0853. The van der Waals surface area contributed by atoms with E-state index < -0.39 is 14.4 Å². The molecule has 0 spiro atoms. The molecule has 1 heterocycles. The van der Waals surface area contributed by atoms with E-state index in [9.17, 15) is 9.90 Å². The quantitative estimate of drug-likeness (QED) is 0.635. The standard InChI is InChI=1S/C16H27NO3Si/c1-12(2)14-13(9-8-10-17(14)15(18)19)11-20-21(6,7)16(3,4)5/h8-10,12H,11H2,1-7H3. The second kappa shape index (κ2) is 6.28. The maximum Gasteiger partial charge on any atom is 0.343 e. The highest BCUT2D eigenvalue weighted by Crippen LogP contribution is 2.37. The third-order valence-corrected chi connectivity index (χ3v) is 8.74. The van der Waals surface area contributed by atoms with Crippen LogP contribution in [0.25, 0.3) is 0 Å². The molecule has 5 heteroatoms. The van der Waals surface area contributed by atoms with Gasteiger partial charge in [0.15, 0.2) is 20.2 Å². The molecule has 0 aromatic carbocycles.